The number of hydrogen-bond acceptors (Lipinski definition) is 2. The molecule has 2 heterocycles. The summed E-state index contributed by atoms with van der Waals surface area (Å²) in [4.78, 5) is 17.0. The molecule has 1 amide bonds. The summed E-state index contributed by atoms with van der Waals surface area (Å²) < 4.78 is 0. The molecular formula is C16H17N3O. The van der Waals surface area contributed by atoms with Gasteiger partial charge in [0.1, 0.15) is 0 Å². The molecule has 2 unspecified atom stereocenters. The van der Waals surface area contributed by atoms with E-state index in [0.717, 1.165) is 11.9 Å². The first-order valence-corrected chi connectivity index (χ1v) is 6.95. The number of aromatic amines is 1. The third-order valence-corrected chi connectivity index (χ3v) is 4.25. The number of aromatic nitrogens is 1. The van der Waals surface area contributed by atoms with Crippen molar-refractivity contribution >= 4 is 16.8 Å². The Balaban J connectivity index is 1.74. The molecule has 1 aliphatic heterocycles. The lowest BCUT2D eigenvalue weighted by Gasteiger charge is -2.22. The predicted octanol–water partition coefficient (Wildman–Crippen LogP) is 2.47. The summed E-state index contributed by atoms with van der Waals surface area (Å²) in [5.74, 6) is -0.0608. The van der Waals surface area contributed by atoms with Gasteiger partial charge in [0.2, 0.25) is 5.91 Å². The van der Waals surface area contributed by atoms with E-state index in [1.54, 1.807) is 0 Å². The van der Waals surface area contributed by atoms with Gasteiger partial charge in [0.05, 0.1) is 12.0 Å². The van der Waals surface area contributed by atoms with E-state index < -0.39 is 0 Å². The van der Waals surface area contributed by atoms with Gasteiger partial charge in [-0.3, -0.25) is 4.79 Å². The van der Waals surface area contributed by atoms with Crippen LogP contribution in [0, 0.1) is 17.2 Å². The van der Waals surface area contributed by atoms with Crippen molar-refractivity contribution < 1.29 is 4.79 Å². The highest BCUT2D eigenvalue weighted by molar-refractivity contribution is 5.83. The van der Waals surface area contributed by atoms with Gasteiger partial charge in [0, 0.05) is 36.1 Å². The van der Waals surface area contributed by atoms with Crippen molar-refractivity contribution in [1.82, 2.24) is 9.88 Å². The molecule has 3 rings (SSSR count). The molecule has 4 nitrogen and oxygen atoms in total. The van der Waals surface area contributed by atoms with E-state index in [1.165, 1.54) is 10.9 Å². The van der Waals surface area contributed by atoms with Crippen molar-refractivity contribution in [1.29, 1.82) is 5.26 Å². The second-order valence-electron chi connectivity index (χ2n) is 5.38. The number of H-pyrrole nitrogens is 1. The summed E-state index contributed by atoms with van der Waals surface area (Å²) in [5.41, 5.74) is 2.35. The third kappa shape index (κ3) is 2.05. The Morgan fingerprint density at radius 2 is 2.25 bits per heavy atom. The number of fused-ring (bicyclic) bond motifs is 1. The first-order chi connectivity index (χ1) is 9.70. The number of rotatable bonds is 3. The van der Waals surface area contributed by atoms with Gasteiger partial charge in [-0.2, -0.15) is 5.26 Å². The van der Waals surface area contributed by atoms with E-state index in [9.17, 15) is 4.79 Å². The number of nitrogens with one attached hydrogen (secondary N) is 1. The van der Waals surface area contributed by atoms with Gasteiger partial charge in [-0.25, -0.2) is 0 Å². The van der Waals surface area contributed by atoms with Crippen LogP contribution in [0.15, 0.2) is 30.5 Å². The Bertz CT molecular complexity index is 682. The third-order valence-electron chi connectivity index (χ3n) is 4.25. The quantitative estimate of drug-likeness (QED) is 0.928. The van der Waals surface area contributed by atoms with Crippen LogP contribution in [0.3, 0.4) is 0 Å². The lowest BCUT2D eigenvalue weighted by Crippen LogP contribution is -2.34. The van der Waals surface area contributed by atoms with E-state index in [4.69, 9.17) is 5.26 Å². The highest BCUT2D eigenvalue weighted by Crippen LogP contribution is 2.26. The Hall–Kier alpha value is -2.28. The monoisotopic (exact) mass is 267 g/mol. The molecule has 1 aliphatic rings. The van der Waals surface area contributed by atoms with Gasteiger partial charge < -0.3 is 9.88 Å². The lowest BCUT2D eigenvalue weighted by atomic mass is 10.0. The van der Waals surface area contributed by atoms with Crippen molar-refractivity contribution in [2.24, 2.45) is 5.92 Å². The van der Waals surface area contributed by atoms with Crippen LogP contribution in [-0.4, -0.2) is 28.4 Å². The highest BCUT2D eigenvalue weighted by atomic mass is 16.2. The first-order valence-electron chi connectivity index (χ1n) is 6.95. The molecule has 0 bridgehead atoms. The predicted molar refractivity (Wildman–Crippen MR) is 76.9 cm³/mol. The van der Waals surface area contributed by atoms with Crippen molar-refractivity contribution in [3.05, 3.63) is 36.0 Å². The Morgan fingerprint density at radius 3 is 3.00 bits per heavy atom. The molecule has 1 saturated heterocycles. The van der Waals surface area contributed by atoms with Crippen LogP contribution in [0.4, 0.5) is 0 Å². The Morgan fingerprint density at radius 1 is 1.45 bits per heavy atom. The Labute approximate surface area is 118 Å². The maximum absolute atomic E-state index is 11.9. The average molecular weight is 267 g/mol. The van der Waals surface area contributed by atoms with E-state index in [1.807, 2.05) is 36.2 Å². The summed E-state index contributed by atoms with van der Waals surface area (Å²) in [6.45, 7) is 2.65. The summed E-state index contributed by atoms with van der Waals surface area (Å²) in [7, 11) is 0. The SMILES string of the molecule is CC1C(C#N)CC(=O)N1CCc1c[nH]c2ccccc12. The van der Waals surface area contributed by atoms with Crippen molar-refractivity contribution in [3.8, 4) is 6.07 Å². The number of para-hydroxylation sites is 1. The number of amides is 1. The van der Waals surface area contributed by atoms with Crippen LogP contribution < -0.4 is 0 Å². The van der Waals surface area contributed by atoms with Crippen molar-refractivity contribution in [2.75, 3.05) is 6.54 Å². The van der Waals surface area contributed by atoms with E-state index in [-0.39, 0.29) is 17.9 Å². The van der Waals surface area contributed by atoms with Crippen LogP contribution in [0.25, 0.3) is 10.9 Å². The molecule has 0 radical (unpaired) electrons. The van der Waals surface area contributed by atoms with Crippen LogP contribution in [-0.2, 0) is 11.2 Å². The van der Waals surface area contributed by atoms with E-state index >= 15 is 0 Å². The van der Waals surface area contributed by atoms with Crippen LogP contribution >= 0.6 is 0 Å². The smallest absolute Gasteiger partial charge is 0.224 e. The molecule has 1 N–H and O–H groups in total. The summed E-state index contributed by atoms with van der Waals surface area (Å²) in [6, 6.07) is 10.4. The maximum atomic E-state index is 11.9. The standard InChI is InChI=1S/C16H17N3O/c1-11-13(9-17)8-16(20)19(11)7-6-12-10-18-15-5-3-2-4-14(12)15/h2-5,10-11,13,18H,6-8H2,1H3. The minimum Gasteiger partial charge on any atom is -0.361 e. The van der Waals surface area contributed by atoms with Gasteiger partial charge in [-0.15, -0.1) is 0 Å². The topological polar surface area (TPSA) is 59.9 Å². The molecule has 0 saturated carbocycles. The molecule has 0 aliphatic carbocycles. The van der Waals surface area contributed by atoms with Crippen molar-refractivity contribution in [2.45, 2.75) is 25.8 Å². The molecule has 2 aromatic rings. The molecule has 1 fully saturated rings. The second kappa shape index (κ2) is 5.01. The second-order valence-corrected chi connectivity index (χ2v) is 5.38. The molecular weight excluding hydrogens is 250 g/mol. The maximum Gasteiger partial charge on any atom is 0.224 e. The van der Waals surface area contributed by atoms with Gasteiger partial charge >= 0.3 is 0 Å². The van der Waals surface area contributed by atoms with Gasteiger partial charge in [-0.05, 0) is 25.0 Å². The molecule has 0 spiro atoms. The zero-order chi connectivity index (χ0) is 14.1. The average Bonchev–Trinajstić information content (AvgIpc) is 2.99. The fraction of sp³-hybridized carbons (Fsp3) is 0.375. The molecule has 4 heteroatoms. The Kier molecular flexibility index (Phi) is 3.19. The zero-order valence-corrected chi connectivity index (χ0v) is 11.5. The van der Waals surface area contributed by atoms with E-state index in [2.05, 4.69) is 17.1 Å². The van der Waals surface area contributed by atoms with Gasteiger partial charge in [0.15, 0.2) is 0 Å². The summed E-state index contributed by atoms with van der Waals surface area (Å²) in [5, 5.41) is 10.2. The number of carbonyl (C=O) groups excluding carboxylic acids is 1. The number of hydrogen-bond donors (Lipinski definition) is 1. The fourth-order valence-electron chi connectivity index (χ4n) is 2.98. The largest absolute Gasteiger partial charge is 0.361 e. The van der Waals surface area contributed by atoms with Gasteiger partial charge in [-0.1, -0.05) is 18.2 Å². The van der Waals surface area contributed by atoms with Crippen LogP contribution in [0.2, 0.25) is 0 Å². The summed E-state index contributed by atoms with van der Waals surface area (Å²) in [6.07, 6.45) is 3.20. The molecule has 20 heavy (non-hydrogen) atoms. The zero-order valence-electron chi connectivity index (χ0n) is 11.5. The minimum absolute atomic E-state index is 0.0257. The number of likely N-dealkylation sites (tertiary alicyclic amines) is 1. The van der Waals surface area contributed by atoms with Gasteiger partial charge in [0.25, 0.3) is 0 Å². The fourth-order valence-corrected chi connectivity index (χ4v) is 2.98. The number of nitrogens with zero attached hydrogens (tertiary/aromatic N) is 2. The van der Waals surface area contributed by atoms with Crippen LogP contribution in [0.5, 0.6) is 0 Å². The molecule has 1 aromatic carbocycles. The molecule has 1 aromatic heterocycles. The summed E-state index contributed by atoms with van der Waals surface area (Å²) >= 11 is 0. The number of carbonyl (C=O) groups is 1. The number of nitriles is 1. The first kappa shape index (κ1) is 12.7. The highest BCUT2D eigenvalue weighted by Gasteiger charge is 2.36. The normalized spacial score (nSPS) is 22.4. The van der Waals surface area contributed by atoms with E-state index in [0.29, 0.717) is 13.0 Å². The minimum atomic E-state index is -0.162. The van der Waals surface area contributed by atoms with Crippen LogP contribution in [0.1, 0.15) is 18.9 Å². The molecule has 102 valence electrons. The lowest BCUT2D eigenvalue weighted by molar-refractivity contribution is -0.128. The van der Waals surface area contributed by atoms with Crippen molar-refractivity contribution in [3.63, 3.8) is 0 Å². The molecule has 2 atom stereocenters. The number of benzene rings is 1.